The summed E-state index contributed by atoms with van der Waals surface area (Å²) in [7, 11) is 0. The molecule has 0 N–H and O–H groups in total. The molecule has 0 radical (unpaired) electrons. The Labute approximate surface area is 98.2 Å². The molecule has 0 aromatic heterocycles. The molecule has 0 amide bonds. The summed E-state index contributed by atoms with van der Waals surface area (Å²) in [6.07, 6.45) is 7.65. The van der Waals surface area contributed by atoms with Crippen LogP contribution in [0.2, 0.25) is 0 Å². The van der Waals surface area contributed by atoms with E-state index in [-0.39, 0.29) is 0 Å². The van der Waals surface area contributed by atoms with E-state index in [1.807, 2.05) is 6.08 Å². The van der Waals surface area contributed by atoms with Crippen LogP contribution in [0.25, 0.3) is 6.08 Å². The summed E-state index contributed by atoms with van der Waals surface area (Å²) in [4.78, 5) is 10.1. The average molecular weight is 216 g/mol. The molecule has 0 fully saturated rings. The monoisotopic (exact) mass is 216 g/mol. The molecule has 1 nitrogen and oxygen atoms in total. The molecule has 0 aliphatic rings. The van der Waals surface area contributed by atoms with Crippen LogP contribution in [0.4, 0.5) is 0 Å². The molecule has 0 saturated carbocycles. The number of allylic oxidation sites excluding steroid dienone is 1. The molecular weight excluding hydrogens is 196 g/mol. The Morgan fingerprint density at radius 2 is 1.81 bits per heavy atom. The first kappa shape index (κ1) is 12.7. The van der Waals surface area contributed by atoms with Crippen LogP contribution in [0.3, 0.4) is 0 Å². The molecule has 0 spiro atoms. The molecule has 0 saturated heterocycles. The Balaban J connectivity index is 2.50. The first-order chi connectivity index (χ1) is 7.72. The Morgan fingerprint density at radius 1 is 1.12 bits per heavy atom. The Morgan fingerprint density at radius 3 is 2.38 bits per heavy atom. The smallest absolute Gasteiger partial charge is 0.120 e. The second-order valence-electron chi connectivity index (χ2n) is 4.49. The third kappa shape index (κ3) is 4.92. The van der Waals surface area contributed by atoms with E-state index in [9.17, 15) is 4.79 Å². The van der Waals surface area contributed by atoms with Crippen LogP contribution in [0, 0.1) is 5.92 Å². The van der Waals surface area contributed by atoms with Crippen LogP contribution in [0.5, 0.6) is 0 Å². The molecule has 0 aliphatic carbocycles. The van der Waals surface area contributed by atoms with E-state index in [0.29, 0.717) is 12.3 Å². The molecule has 0 bridgehead atoms. The summed E-state index contributed by atoms with van der Waals surface area (Å²) in [5, 5.41) is 0. The van der Waals surface area contributed by atoms with E-state index in [1.165, 1.54) is 11.1 Å². The number of aldehydes is 1. The van der Waals surface area contributed by atoms with E-state index in [2.05, 4.69) is 44.2 Å². The number of carbonyl (C=O) groups is 1. The minimum absolute atomic E-state index is 0.613. The van der Waals surface area contributed by atoms with Gasteiger partial charge in [-0.15, -0.1) is 0 Å². The average Bonchev–Trinajstić information content (AvgIpc) is 2.26. The van der Waals surface area contributed by atoms with Crippen LogP contribution < -0.4 is 0 Å². The lowest BCUT2D eigenvalue weighted by atomic mass is 10.0. The van der Waals surface area contributed by atoms with Crippen molar-refractivity contribution in [2.45, 2.75) is 33.1 Å². The van der Waals surface area contributed by atoms with Crippen molar-refractivity contribution in [2.75, 3.05) is 0 Å². The largest absolute Gasteiger partial charge is 0.303 e. The van der Waals surface area contributed by atoms with Gasteiger partial charge >= 0.3 is 0 Å². The molecule has 1 rings (SSSR count). The standard InChI is InChI=1S/C15H20O/c1-13(2)12-15-9-7-14(8-10-15)6-4-3-5-11-16/h4,6-11,13H,3,5,12H2,1-2H3. The highest BCUT2D eigenvalue weighted by Gasteiger charge is 1.96. The molecule has 1 heteroatoms. The molecule has 0 heterocycles. The van der Waals surface area contributed by atoms with Crippen LogP contribution in [0.15, 0.2) is 30.3 Å². The van der Waals surface area contributed by atoms with Gasteiger partial charge in [-0.2, -0.15) is 0 Å². The zero-order valence-electron chi connectivity index (χ0n) is 10.1. The van der Waals surface area contributed by atoms with Gasteiger partial charge in [-0.3, -0.25) is 0 Å². The first-order valence-corrected chi connectivity index (χ1v) is 5.91. The van der Waals surface area contributed by atoms with E-state index >= 15 is 0 Å². The summed E-state index contributed by atoms with van der Waals surface area (Å²) in [6.45, 7) is 4.46. The normalized spacial score (nSPS) is 11.2. The highest BCUT2D eigenvalue weighted by molar-refractivity contribution is 5.52. The molecule has 16 heavy (non-hydrogen) atoms. The fourth-order valence-electron chi connectivity index (χ4n) is 1.62. The molecular formula is C15H20O. The van der Waals surface area contributed by atoms with Crippen LogP contribution in [-0.4, -0.2) is 6.29 Å². The van der Waals surface area contributed by atoms with Gasteiger partial charge in [0.25, 0.3) is 0 Å². The second-order valence-corrected chi connectivity index (χ2v) is 4.49. The Hall–Kier alpha value is -1.37. The van der Waals surface area contributed by atoms with Gasteiger partial charge < -0.3 is 4.79 Å². The van der Waals surface area contributed by atoms with Crippen molar-refractivity contribution in [3.8, 4) is 0 Å². The zero-order valence-corrected chi connectivity index (χ0v) is 10.1. The second kappa shape index (κ2) is 7.00. The maximum absolute atomic E-state index is 10.1. The maximum Gasteiger partial charge on any atom is 0.120 e. The summed E-state index contributed by atoms with van der Waals surface area (Å²) >= 11 is 0. The summed E-state index contributed by atoms with van der Waals surface area (Å²) in [6, 6.07) is 8.63. The predicted molar refractivity (Wildman–Crippen MR) is 69.3 cm³/mol. The van der Waals surface area contributed by atoms with E-state index < -0.39 is 0 Å². The number of benzene rings is 1. The lowest BCUT2D eigenvalue weighted by Crippen LogP contribution is -1.93. The molecule has 86 valence electrons. The highest BCUT2D eigenvalue weighted by Crippen LogP contribution is 2.11. The highest BCUT2D eigenvalue weighted by atomic mass is 16.1. The Kier molecular flexibility index (Phi) is 5.55. The minimum Gasteiger partial charge on any atom is -0.303 e. The maximum atomic E-state index is 10.1. The van der Waals surface area contributed by atoms with Gasteiger partial charge in [-0.25, -0.2) is 0 Å². The fraction of sp³-hybridized carbons (Fsp3) is 0.400. The van der Waals surface area contributed by atoms with Crippen molar-refractivity contribution in [1.82, 2.24) is 0 Å². The van der Waals surface area contributed by atoms with Crippen molar-refractivity contribution >= 4 is 12.4 Å². The number of hydrogen-bond donors (Lipinski definition) is 0. The SMILES string of the molecule is CC(C)Cc1ccc(C=CCCC=O)cc1. The van der Waals surface area contributed by atoms with Gasteiger partial charge in [0.2, 0.25) is 0 Å². The number of unbranched alkanes of at least 4 members (excludes halogenated alkanes) is 1. The molecule has 0 unspecified atom stereocenters. The van der Waals surface area contributed by atoms with Crippen molar-refractivity contribution in [2.24, 2.45) is 5.92 Å². The molecule has 0 aliphatic heterocycles. The topological polar surface area (TPSA) is 17.1 Å². The van der Waals surface area contributed by atoms with E-state index in [0.717, 1.165) is 19.1 Å². The summed E-state index contributed by atoms with van der Waals surface area (Å²) in [5.74, 6) is 0.703. The van der Waals surface area contributed by atoms with Crippen molar-refractivity contribution in [1.29, 1.82) is 0 Å². The van der Waals surface area contributed by atoms with Crippen LogP contribution in [0.1, 0.15) is 37.8 Å². The van der Waals surface area contributed by atoms with Crippen molar-refractivity contribution < 1.29 is 4.79 Å². The number of carbonyl (C=O) groups excluding carboxylic acids is 1. The quantitative estimate of drug-likeness (QED) is 0.521. The van der Waals surface area contributed by atoms with E-state index in [4.69, 9.17) is 0 Å². The molecule has 0 atom stereocenters. The summed E-state index contributed by atoms with van der Waals surface area (Å²) < 4.78 is 0. The van der Waals surface area contributed by atoms with Crippen LogP contribution in [-0.2, 0) is 11.2 Å². The summed E-state index contributed by atoms with van der Waals surface area (Å²) in [5.41, 5.74) is 2.60. The molecule has 1 aromatic carbocycles. The van der Waals surface area contributed by atoms with Gasteiger partial charge in [0, 0.05) is 6.42 Å². The fourth-order valence-corrected chi connectivity index (χ4v) is 1.62. The van der Waals surface area contributed by atoms with E-state index in [1.54, 1.807) is 0 Å². The first-order valence-electron chi connectivity index (χ1n) is 5.91. The van der Waals surface area contributed by atoms with Gasteiger partial charge in [0.15, 0.2) is 0 Å². The lowest BCUT2D eigenvalue weighted by molar-refractivity contribution is -0.107. The van der Waals surface area contributed by atoms with Gasteiger partial charge in [0.1, 0.15) is 6.29 Å². The molecule has 1 aromatic rings. The Bertz CT molecular complexity index is 333. The van der Waals surface area contributed by atoms with Gasteiger partial charge in [-0.1, -0.05) is 50.3 Å². The van der Waals surface area contributed by atoms with Crippen LogP contribution >= 0.6 is 0 Å². The van der Waals surface area contributed by atoms with Gasteiger partial charge in [-0.05, 0) is 29.9 Å². The third-order valence-electron chi connectivity index (χ3n) is 2.39. The van der Waals surface area contributed by atoms with Crippen molar-refractivity contribution in [3.05, 3.63) is 41.5 Å². The van der Waals surface area contributed by atoms with Gasteiger partial charge in [0.05, 0.1) is 0 Å². The minimum atomic E-state index is 0.613. The third-order valence-corrected chi connectivity index (χ3v) is 2.39. The lowest BCUT2D eigenvalue weighted by Gasteiger charge is -2.04. The number of rotatable bonds is 6. The predicted octanol–water partition coefficient (Wildman–Crippen LogP) is 3.88. The number of hydrogen-bond acceptors (Lipinski definition) is 1. The zero-order chi connectivity index (χ0) is 11.8. The van der Waals surface area contributed by atoms with Crippen molar-refractivity contribution in [3.63, 3.8) is 0 Å².